The van der Waals surface area contributed by atoms with E-state index in [-0.39, 0.29) is 35.8 Å². The van der Waals surface area contributed by atoms with Gasteiger partial charge in [-0.25, -0.2) is 0 Å². The van der Waals surface area contributed by atoms with Crippen molar-refractivity contribution in [3.63, 3.8) is 0 Å². The number of aryl methyl sites for hydroxylation is 2. The van der Waals surface area contributed by atoms with Gasteiger partial charge in [-0.05, 0) is 31.9 Å². The van der Waals surface area contributed by atoms with Gasteiger partial charge < -0.3 is 20.5 Å². The van der Waals surface area contributed by atoms with Crippen LogP contribution in [-0.2, 0) is 11.2 Å². The zero-order valence-electron chi connectivity index (χ0n) is 15.8. The van der Waals surface area contributed by atoms with Crippen molar-refractivity contribution in [2.24, 2.45) is 4.99 Å². The number of hydrogen-bond acceptors (Lipinski definition) is 4. The summed E-state index contributed by atoms with van der Waals surface area (Å²) < 4.78 is 5.19. The molecule has 1 amide bonds. The molecule has 1 aliphatic heterocycles. The number of anilines is 1. The molecule has 0 saturated heterocycles. The summed E-state index contributed by atoms with van der Waals surface area (Å²) in [6.45, 7) is 5.25. The van der Waals surface area contributed by atoms with Crippen molar-refractivity contribution in [3.8, 4) is 0 Å². The number of guanidine groups is 1. The van der Waals surface area contributed by atoms with E-state index < -0.39 is 0 Å². The summed E-state index contributed by atoms with van der Waals surface area (Å²) in [6, 6.07) is 7.94. The lowest BCUT2D eigenvalue weighted by Gasteiger charge is -2.26. The first-order valence-electron chi connectivity index (χ1n) is 8.83. The van der Waals surface area contributed by atoms with E-state index in [2.05, 4.69) is 32.2 Å². The number of nitrogens with zero attached hydrogens (tertiary/aromatic N) is 2. The maximum Gasteiger partial charge on any atom is 0.225 e. The van der Waals surface area contributed by atoms with Crippen molar-refractivity contribution in [1.29, 1.82) is 0 Å². The number of benzene rings is 1. The Labute approximate surface area is 176 Å². The second-order valence-electron chi connectivity index (χ2n) is 6.47. The van der Waals surface area contributed by atoms with E-state index in [0.29, 0.717) is 13.0 Å². The molecule has 0 aliphatic carbocycles. The van der Waals surface area contributed by atoms with Gasteiger partial charge in [0.15, 0.2) is 5.96 Å². The Kier molecular flexibility index (Phi) is 7.64. The third kappa shape index (κ3) is 5.21. The van der Waals surface area contributed by atoms with Crippen LogP contribution in [0.4, 0.5) is 5.69 Å². The van der Waals surface area contributed by atoms with Crippen LogP contribution in [0.5, 0.6) is 0 Å². The van der Waals surface area contributed by atoms with Crippen molar-refractivity contribution in [1.82, 2.24) is 15.8 Å². The number of carbonyl (C=O) groups is 1. The molecule has 3 rings (SSSR count). The van der Waals surface area contributed by atoms with Crippen LogP contribution in [0.15, 0.2) is 33.8 Å². The number of para-hydroxylation sites is 1. The molecule has 27 heavy (non-hydrogen) atoms. The largest absolute Gasteiger partial charge is 0.361 e. The predicted molar refractivity (Wildman–Crippen MR) is 117 cm³/mol. The smallest absolute Gasteiger partial charge is 0.225 e. The predicted octanol–water partition coefficient (Wildman–Crippen LogP) is 2.74. The molecule has 146 valence electrons. The topological polar surface area (TPSA) is 91.6 Å². The van der Waals surface area contributed by atoms with Crippen LogP contribution in [0.1, 0.15) is 34.9 Å². The molecule has 0 saturated carbocycles. The van der Waals surface area contributed by atoms with Crippen LogP contribution in [0.2, 0.25) is 0 Å². The number of amides is 1. The third-order valence-electron chi connectivity index (χ3n) is 4.69. The molecule has 1 aromatic carbocycles. The Morgan fingerprint density at radius 2 is 2.11 bits per heavy atom. The zero-order valence-corrected chi connectivity index (χ0v) is 18.2. The molecule has 0 bridgehead atoms. The van der Waals surface area contributed by atoms with Gasteiger partial charge in [-0.3, -0.25) is 9.79 Å². The second-order valence-corrected chi connectivity index (χ2v) is 6.47. The average Bonchev–Trinajstić information content (AvgIpc) is 2.96. The fourth-order valence-corrected chi connectivity index (χ4v) is 3.29. The van der Waals surface area contributed by atoms with Gasteiger partial charge in [-0.1, -0.05) is 23.4 Å². The highest BCUT2D eigenvalue weighted by molar-refractivity contribution is 14.0. The summed E-state index contributed by atoms with van der Waals surface area (Å²) in [5, 5.41) is 13.5. The van der Waals surface area contributed by atoms with E-state index in [1.54, 1.807) is 7.05 Å². The normalized spacial score (nSPS) is 16.2. The zero-order chi connectivity index (χ0) is 18.5. The van der Waals surface area contributed by atoms with Gasteiger partial charge in [0.05, 0.1) is 5.69 Å². The molecule has 2 aromatic rings. The summed E-state index contributed by atoms with van der Waals surface area (Å²) in [7, 11) is 1.74. The van der Waals surface area contributed by atoms with Gasteiger partial charge in [0.25, 0.3) is 0 Å². The minimum atomic E-state index is 0. The lowest BCUT2D eigenvalue weighted by molar-refractivity contribution is -0.116. The molecule has 0 spiro atoms. The summed E-state index contributed by atoms with van der Waals surface area (Å²) in [5.74, 6) is 1.76. The summed E-state index contributed by atoms with van der Waals surface area (Å²) in [5.41, 5.74) is 4.12. The van der Waals surface area contributed by atoms with Crippen molar-refractivity contribution >= 4 is 41.5 Å². The molecule has 3 N–H and O–H groups in total. The highest BCUT2D eigenvalue weighted by Gasteiger charge is 2.24. The number of fused-ring (bicyclic) bond motifs is 1. The SMILES string of the molecule is CN=C(NCCc1c(C)noc1C)NCC1CC(=O)Nc2ccccc21.I. The van der Waals surface area contributed by atoms with E-state index in [9.17, 15) is 4.79 Å². The van der Waals surface area contributed by atoms with Crippen LogP contribution in [0.25, 0.3) is 0 Å². The number of halogens is 1. The van der Waals surface area contributed by atoms with Crippen LogP contribution in [0.3, 0.4) is 0 Å². The molecule has 2 heterocycles. The quantitative estimate of drug-likeness (QED) is 0.346. The molecular weight excluding hydrogens is 457 g/mol. The number of hydrogen-bond donors (Lipinski definition) is 3. The standard InChI is InChI=1S/C19H25N5O2.HI/c1-12-15(13(2)26-24-12)8-9-21-19(20-3)22-11-14-10-18(25)23-17-7-5-4-6-16(14)17;/h4-7,14H,8-11H2,1-3H3,(H,23,25)(H2,20,21,22);1H. The molecule has 7 nitrogen and oxygen atoms in total. The van der Waals surface area contributed by atoms with Gasteiger partial charge in [0.2, 0.25) is 5.91 Å². The maximum absolute atomic E-state index is 11.9. The van der Waals surface area contributed by atoms with Gasteiger partial charge in [0.1, 0.15) is 5.76 Å². The molecular formula is C19H26IN5O2. The minimum absolute atomic E-state index is 0. The highest BCUT2D eigenvalue weighted by atomic mass is 127. The Bertz CT molecular complexity index is 799. The first-order valence-corrected chi connectivity index (χ1v) is 8.83. The molecule has 0 fully saturated rings. The lowest BCUT2D eigenvalue weighted by atomic mass is 9.90. The fraction of sp³-hybridized carbons (Fsp3) is 0.421. The molecule has 1 aromatic heterocycles. The Hall–Kier alpha value is -2.10. The van der Waals surface area contributed by atoms with Crippen LogP contribution in [-0.4, -0.2) is 37.2 Å². The van der Waals surface area contributed by atoms with Gasteiger partial charge in [-0.15, -0.1) is 24.0 Å². The van der Waals surface area contributed by atoms with Crippen molar-refractivity contribution < 1.29 is 9.32 Å². The van der Waals surface area contributed by atoms with Gasteiger partial charge >= 0.3 is 0 Å². The lowest BCUT2D eigenvalue weighted by Crippen LogP contribution is -2.41. The number of rotatable bonds is 5. The first-order chi connectivity index (χ1) is 12.6. The van der Waals surface area contributed by atoms with E-state index in [4.69, 9.17) is 4.52 Å². The Morgan fingerprint density at radius 1 is 1.33 bits per heavy atom. The van der Waals surface area contributed by atoms with E-state index in [1.807, 2.05) is 32.0 Å². The fourth-order valence-electron chi connectivity index (χ4n) is 3.29. The molecule has 1 unspecified atom stereocenters. The summed E-state index contributed by atoms with van der Waals surface area (Å²) in [4.78, 5) is 16.2. The van der Waals surface area contributed by atoms with E-state index in [0.717, 1.165) is 47.2 Å². The average molecular weight is 483 g/mol. The van der Waals surface area contributed by atoms with Crippen LogP contribution < -0.4 is 16.0 Å². The van der Waals surface area contributed by atoms with Gasteiger partial charge in [0, 0.05) is 43.7 Å². The number of carbonyl (C=O) groups excluding carboxylic acids is 1. The van der Waals surface area contributed by atoms with Crippen molar-refractivity contribution in [2.45, 2.75) is 32.6 Å². The molecule has 1 atom stereocenters. The highest BCUT2D eigenvalue weighted by Crippen LogP contribution is 2.31. The second kappa shape index (κ2) is 9.72. The monoisotopic (exact) mass is 483 g/mol. The van der Waals surface area contributed by atoms with Crippen LogP contribution in [0, 0.1) is 13.8 Å². The Morgan fingerprint density at radius 3 is 2.81 bits per heavy atom. The van der Waals surface area contributed by atoms with Crippen LogP contribution >= 0.6 is 24.0 Å². The van der Waals surface area contributed by atoms with Gasteiger partial charge in [-0.2, -0.15) is 0 Å². The minimum Gasteiger partial charge on any atom is -0.361 e. The molecule has 0 radical (unpaired) electrons. The third-order valence-corrected chi connectivity index (χ3v) is 4.69. The number of nitrogens with one attached hydrogen (secondary N) is 3. The van der Waals surface area contributed by atoms with Crippen molar-refractivity contribution in [2.75, 3.05) is 25.5 Å². The number of aromatic nitrogens is 1. The Balaban J connectivity index is 0.00000261. The first kappa shape index (κ1) is 21.2. The maximum atomic E-state index is 11.9. The summed E-state index contributed by atoms with van der Waals surface area (Å²) >= 11 is 0. The van der Waals surface area contributed by atoms with E-state index >= 15 is 0 Å². The molecule has 8 heteroatoms. The number of aliphatic imine (C=N–C) groups is 1. The van der Waals surface area contributed by atoms with E-state index in [1.165, 1.54) is 0 Å². The molecule has 1 aliphatic rings. The van der Waals surface area contributed by atoms with Crippen molar-refractivity contribution in [3.05, 3.63) is 46.8 Å². The summed E-state index contributed by atoms with van der Waals surface area (Å²) in [6.07, 6.45) is 1.29.